The summed E-state index contributed by atoms with van der Waals surface area (Å²) in [4.78, 5) is 31.1. The second kappa shape index (κ2) is 7.47. The van der Waals surface area contributed by atoms with Gasteiger partial charge in [-0.05, 0) is 38.5 Å². The fourth-order valence-electron chi connectivity index (χ4n) is 3.00. The smallest absolute Gasteiger partial charge is 0.325 e. The molecule has 1 N–H and O–H groups in total. The molecule has 27 heavy (non-hydrogen) atoms. The number of aromatic nitrogens is 1. The number of imide groups is 1. The molecule has 7 nitrogen and oxygen atoms in total. The number of nitrogens with zero attached hydrogens (tertiary/aromatic N) is 3. The molecule has 1 aromatic carbocycles. The van der Waals surface area contributed by atoms with Crippen LogP contribution >= 0.6 is 11.3 Å². The topological polar surface area (TPSA) is 95.3 Å². The first-order valence-electron chi connectivity index (χ1n) is 8.59. The minimum Gasteiger partial charge on any atom is -0.372 e. The van der Waals surface area contributed by atoms with Crippen molar-refractivity contribution in [2.75, 3.05) is 6.61 Å². The van der Waals surface area contributed by atoms with Gasteiger partial charge >= 0.3 is 6.03 Å². The van der Waals surface area contributed by atoms with Crippen LogP contribution in [0.25, 0.3) is 0 Å². The van der Waals surface area contributed by atoms with E-state index in [9.17, 15) is 9.59 Å². The van der Waals surface area contributed by atoms with Crippen molar-refractivity contribution in [2.24, 2.45) is 0 Å². The van der Waals surface area contributed by atoms with Gasteiger partial charge in [0.2, 0.25) is 0 Å². The zero-order valence-corrected chi connectivity index (χ0v) is 16.2. The van der Waals surface area contributed by atoms with E-state index >= 15 is 0 Å². The van der Waals surface area contributed by atoms with Crippen LogP contribution < -0.4 is 5.32 Å². The number of nitrogens with one attached hydrogen (secondary N) is 1. The highest BCUT2D eigenvalue weighted by Gasteiger charge is 2.49. The number of carbonyl (C=O) groups is 2. The summed E-state index contributed by atoms with van der Waals surface area (Å²) in [6.45, 7) is 6.16. The second-order valence-electron chi connectivity index (χ2n) is 6.41. The fourth-order valence-corrected chi connectivity index (χ4v) is 3.81. The number of hydrogen-bond donors (Lipinski definition) is 1. The van der Waals surface area contributed by atoms with E-state index in [0.717, 1.165) is 9.91 Å². The van der Waals surface area contributed by atoms with Gasteiger partial charge in [-0.15, -0.1) is 11.3 Å². The lowest BCUT2D eigenvalue weighted by atomic mass is 9.91. The maximum atomic E-state index is 13.0. The Bertz CT molecular complexity index is 920. The lowest BCUT2D eigenvalue weighted by molar-refractivity contribution is -0.131. The van der Waals surface area contributed by atoms with Gasteiger partial charge in [-0.2, -0.15) is 5.26 Å². The lowest BCUT2D eigenvalue weighted by Gasteiger charge is -2.22. The van der Waals surface area contributed by atoms with Crippen LogP contribution in [-0.4, -0.2) is 28.4 Å². The molecule has 140 valence electrons. The second-order valence-corrected chi connectivity index (χ2v) is 7.30. The first kappa shape index (κ1) is 19.0. The van der Waals surface area contributed by atoms with Gasteiger partial charge in [0, 0.05) is 12.0 Å². The Labute approximate surface area is 161 Å². The van der Waals surface area contributed by atoms with Gasteiger partial charge in [0.15, 0.2) is 0 Å². The third-order valence-corrected chi connectivity index (χ3v) is 5.55. The predicted octanol–water partition coefficient (Wildman–Crippen LogP) is 3.08. The Hall–Kier alpha value is -2.76. The Morgan fingerprint density at radius 2 is 2.22 bits per heavy atom. The largest absolute Gasteiger partial charge is 0.372 e. The highest BCUT2D eigenvalue weighted by atomic mass is 32.1. The zero-order chi connectivity index (χ0) is 19.6. The normalized spacial score (nSPS) is 20.4. The fraction of sp³-hybridized carbons (Fsp3) is 0.368. The van der Waals surface area contributed by atoms with E-state index in [1.165, 1.54) is 11.3 Å². The number of rotatable bonds is 6. The van der Waals surface area contributed by atoms with E-state index in [-0.39, 0.29) is 18.6 Å². The standard InChI is InChI=1S/C19H20N4O3S/c1-4-26-12(2)16-21-15(11-27-16)10-23-17(24)19(3,22-18(23)25)14-7-5-6-13(8-14)9-20/h5-8,11-12H,4,10H2,1-3H3,(H,22,25). The number of nitriles is 1. The molecule has 0 radical (unpaired) electrons. The first-order chi connectivity index (χ1) is 12.9. The molecule has 1 aliphatic heterocycles. The number of benzene rings is 1. The number of ether oxygens (including phenoxy) is 1. The van der Waals surface area contributed by atoms with Crippen molar-refractivity contribution in [1.29, 1.82) is 5.26 Å². The van der Waals surface area contributed by atoms with E-state index in [0.29, 0.717) is 23.4 Å². The first-order valence-corrected chi connectivity index (χ1v) is 9.47. The van der Waals surface area contributed by atoms with E-state index in [1.807, 2.05) is 19.2 Å². The summed E-state index contributed by atoms with van der Waals surface area (Å²) < 4.78 is 5.53. The predicted molar refractivity (Wildman–Crippen MR) is 99.7 cm³/mol. The Kier molecular flexibility index (Phi) is 5.26. The monoisotopic (exact) mass is 384 g/mol. The average molecular weight is 384 g/mol. The van der Waals surface area contributed by atoms with Gasteiger partial charge in [-0.25, -0.2) is 9.78 Å². The molecular weight excluding hydrogens is 364 g/mol. The Morgan fingerprint density at radius 1 is 1.44 bits per heavy atom. The summed E-state index contributed by atoms with van der Waals surface area (Å²) in [5.74, 6) is -0.366. The number of thiazole rings is 1. The molecule has 2 atom stereocenters. The van der Waals surface area contributed by atoms with E-state index in [1.54, 1.807) is 31.2 Å². The van der Waals surface area contributed by atoms with Crippen LogP contribution in [0.3, 0.4) is 0 Å². The summed E-state index contributed by atoms with van der Waals surface area (Å²) in [5, 5.41) is 14.5. The summed E-state index contributed by atoms with van der Waals surface area (Å²) in [6, 6.07) is 8.28. The van der Waals surface area contributed by atoms with Crippen LogP contribution in [0.2, 0.25) is 0 Å². The van der Waals surface area contributed by atoms with E-state index in [2.05, 4.69) is 16.4 Å². The molecule has 0 aliphatic carbocycles. The molecule has 3 amide bonds. The van der Waals surface area contributed by atoms with Crippen LogP contribution in [-0.2, 0) is 21.6 Å². The molecule has 0 bridgehead atoms. The van der Waals surface area contributed by atoms with Crippen molar-refractivity contribution < 1.29 is 14.3 Å². The van der Waals surface area contributed by atoms with Gasteiger partial charge in [0.05, 0.1) is 23.9 Å². The number of carbonyl (C=O) groups excluding carboxylic acids is 2. The lowest BCUT2D eigenvalue weighted by Crippen LogP contribution is -2.40. The summed E-state index contributed by atoms with van der Waals surface area (Å²) in [5.41, 5.74) is 0.441. The van der Waals surface area contributed by atoms with E-state index < -0.39 is 11.6 Å². The molecule has 0 saturated carbocycles. The SMILES string of the molecule is CCOC(C)c1nc(CN2C(=O)NC(C)(c3cccc(C#N)c3)C2=O)cs1. The van der Waals surface area contributed by atoms with Gasteiger partial charge in [0.1, 0.15) is 16.7 Å². The number of hydrogen-bond acceptors (Lipinski definition) is 6. The summed E-state index contributed by atoms with van der Waals surface area (Å²) in [7, 11) is 0. The quantitative estimate of drug-likeness (QED) is 0.772. The molecule has 1 aromatic heterocycles. The minimum absolute atomic E-state index is 0.0908. The molecule has 2 unspecified atom stereocenters. The molecular formula is C19H20N4O3S. The third-order valence-electron chi connectivity index (χ3n) is 4.50. The highest BCUT2D eigenvalue weighted by Crippen LogP contribution is 2.31. The average Bonchev–Trinajstić information content (AvgIpc) is 3.22. The highest BCUT2D eigenvalue weighted by molar-refractivity contribution is 7.09. The molecule has 2 heterocycles. The zero-order valence-electron chi connectivity index (χ0n) is 15.4. The van der Waals surface area contributed by atoms with E-state index in [4.69, 9.17) is 10.00 Å². The van der Waals surface area contributed by atoms with Crippen molar-refractivity contribution in [3.8, 4) is 6.07 Å². The minimum atomic E-state index is -1.21. The van der Waals surface area contributed by atoms with Crippen molar-refractivity contribution >= 4 is 23.3 Å². The Balaban J connectivity index is 1.81. The van der Waals surface area contributed by atoms with Crippen LogP contribution in [0.4, 0.5) is 4.79 Å². The van der Waals surface area contributed by atoms with Gasteiger partial charge in [-0.3, -0.25) is 9.69 Å². The Morgan fingerprint density at radius 3 is 2.93 bits per heavy atom. The molecule has 1 fully saturated rings. The summed E-state index contributed by atoms with van der Waals surface area (Å²) >= 11 is 1.44. The molecule has 8 heteroatoms. The van der Waals surface area contributed by atoms with Gasteiger partial charge in [0.25, 0.3) is 5.91 Å². The third kappa shape index (κ3) is 3.56. The van der Waals surface area contributed by atoms with Crippen LogP contribution in [0.1, 0.15) is 48.7 Å². The number of urea groups is 1. The van der Waals surface area contributed by atoms with Gasteiger partial charge < -0.3 is 10.1 Å². The van der Waals surface area contributed by atoms with Crippen LogP contribution in [0, 0.1) is 11.3 Å². The molecule has 0 spiro atoms. The molecule has 2 aromatic rings. The van der Waals surface area contributed by atoms with Crippen molar-refractivity contribution in [3.05, 3.63) is 51.5 Å². The van der Waals surface area contributed by atoms with Crippen molar-refractivity contribution in [1.82, 2.24) is 15.2 Å². The molecule has 1 saturated heterocycles. The van der Waals surface area contributed by atoms with Crippen molar-refractivity contribution in [2.45, 2.75) is 39.0 Å². The maximum absolute atomic E-state index is 13.0. The maximum Gasteiger partial charge on any atom is 0.325 e. The molecule has 3 rings (SSSR count). The van der Waals surface area contributed by atoms with Crippen LogP contribution in [0.5, 0.6) is 0 Å². The number of amides is 3. The van der Waals surface area contributed by atoms with Gasteiger partial charge in [-0.1, -0.05) is 12.1 Å². The van der Waals surface area contributed by atoms with Crippen molar-refractivity contribution in [3.63, 3.8) is 0 Å². The summed E-state index contributed by atoms with van der Waals surface area (Å²) in [6.07, 6.45) is -0.129. The molecule has 1 aliphatic rings. The van der Waals surface area contributed by atoms with Crippen LogP contribution in [0.15, 0.2) is 29.6 Å².